The highest BCUT2D eigenvalue weighted by Crippen LogP contribution is 2.30. The Balaban J connectivity index is 1.65. The Morgan fingerprint density at radius 3 is 1.94 bits per heavy atom. The van der Waals surface area contributed by atoms with E-state index in [4.69, 9.17) is 9.84 Å². The maximum atomic E-state index is 12.7. The number of hydrogen-bond donors (Lipinski definition) is 1. The van der Waals surface area contributed by atoms with Crippen LogP contribution in [0.15, 0.2) is 60.7 Å². The van der Waals surface area contributed by atoms with Crippen LogP contribution in [0.4, 0.5) is 0 Å². The van der Waals surface area contributed by atoms with Crippen LogP contribution in [0.1, 0.15) is 62.0 Å². The number of carboxylic acid groups (broad SMARTS) is 1. The van der Waals surface area contributed by atoms with Crippen molar-refractivity contribution in [1.29, 1.82) is 0 Å². The molecule has 5 heteroatoms. The zero-order valence-corrected chi connectivity index (χ0v) is 18.8. The number of carbonyl (C=O) groups is 2. The molecule has 0 radical (unpaired) electrons. The third kappa shape index (κ3) is 7.88. The Morgan fingerprint density at radius 1 is 0.844 bits per heavy atom. The number of hydrogen-bond acceptors (Lipinski definition) is 4. The second kappa shape index (κ2) is 13.1. The molecule has 2 aromatic rings. The fourth-order valence-electron chi connectivity index (χ4n) is 4.50. The first-order valence-electron chi connectivity index (χ1n) is 11.8. The average Bonchev–Trinajstić information content (AvgIpc) is 3.08. The highest BCUT2D eigenvalue weighted by molar-refractivity contribution is 5.97. The van der Waals surface area contributed by atoms with E-state index < -0.39 is 18.5 Å². The van der Waals surface area contributed by atoms with Crippen LogP contribution in [0.25, 0.3) is 0 Å². The predicted octanol–water partition coefficient (Wildman–Crippen LogP) is 4.90. The van der Waals surface area contributed by atoms with E-state index in [2.05, 4.69) is 29.2 Å². The van der Waals surface area contributed by atoms with E-state index in [-0.39, 0.29) is 11.7 Å². The lowest BCUT2D eigenvalue weighted by atomic mass is 9.86. The molecule has 1 unspecified atom stereocenters. The van der Waals surface area contributed by atoms with Crippen molar-refractivity contribution in [2.75, 3.05) is 26.2 Å². The second-order valence-corrected chi connectivity index (χ2v) is 8.60. The van der Waals surface area contributed by atoms with Gasteiger partial charge in [0.25, 0.3) is 0 Å². The van der Waals surface area contributed by atoms with E-state index in [0.29, 0.717) is 19.4 Å². The Morgan fingerprint density at radius 2 is 1.41 bits per heavy atom. The minimum atomic E-state index is -1.10. The van der Waals surface area contributed by atoms with E-state index in [1.807, 2.05) is 36.4 Å². The van der Waals surface area contributed by atoms with Gasteiger partial charge in [-0.1, -0.05) is 73.5 Å². The second-order valence-electron chi connectivity index (χ2n) is 8.60. The Hall–Kier alpha value is -2.50. The lowest BCUT2D eigenvalue weighted by Crippen LogP contribution is -2.33. The van der Waals surface area contributed by atoms with Crippen molar-refractivity contribution in [3.05, 3.63) is 71.8 Å². The third-order valence-corrected chi connectivity index (χ3v) is 6.23. The van der Waals surface area contributed by atoms with Crippen molar-refractivity contribution in [3.8, 4) is 0 Å². The van der Waals surface area contributed by atoms with Crippen LogP contribution in [0.2, 0.25) is 0 Å². The molecule has 0 amide bonds. The summed E-state index contributed by atoms with van der Waals surface area (Å²) in [6, 6.07) is 20.5. The number of likely N-dealkylation sites (tertiary alicyclic amines) is 1. The molecule has 0 spiro atoms. The van der Waals surface area contributed by atoms with Crippen LogP contribution < -0.4 is 0 Å². The first-order chi connectivity index (χ1) is 15.6. The van der Waals surface area contributed by atoms with Gasteiger partial charge >= 0.3 is 5.97 Å². The number of nitrogens with zero attached hydrogens (tertiary/aromatic N) is 1. The van der Waals surface area contributed by atoms with Crippen LogP contribution in [-0.4, -0.2) is 54.1 Å². The maximum absolute atomic E-state index is 12.7. The smallest absolute Gasteiger partial charge is 0.310 e. The summed E-state index contributed by atoms with van der Waals surface area (Å²) in [7, 11) is 0. The summed E-state index contributed by atoms with van der Waals surface area (Å²) in [6.07, 6.45) is 5.00. The Kier molecular flexibility index (Phi) is 9.92. The van der Waals surface area contributed by atoms with Crippen LogP contribution in [0.3, 0.4) is 0 Å². The van der Waals surface area contributed by atoms with Crippen LogP contribution >= 0.6 is 0 Å². The monoisotopic (exact) mass is 437 g/mol. The third-order valence-electron chi connectivity index (χ3n) is 6.23. The van der Waals surface area contributed by atoms with Crippen molar-refractivity contribution < 1.29 is 19.4 Å². The molecule has 172 valence electrons. The molecule has 1 aliphatic heterocycles. The van der Waals surface area contributed by atoms with E-state index in [9.17, 15) is 9.59 Å². The highest BCUT2D eigenvalue weighted by Gasteiger charge is 2.24. The molecule has 5 nitrogen and oxygen atoms in total. The molecule has 1 saturated heterocycles. The van der Waals surface area contributed by atoms with E-state index in [1.54, 1.807) is 0 Å². The fraction of sp³-hybridized carbons (Fsp3) is 0.481. The zero-order valence-electron chi connectivity index (χ0n) is 18.8. The van der Waals surface area contributed by atoms with Gasteiger partial charge < -0.3 is 14.7 Å². The van der Waals surface area contributed by atoms with Gasteiger partial charge in [0.15, 0.2) is 5.78 Å². The molecule has 32 heavy (non-hydrogen) atoms. The molecule has 0 aliphatic carbocycles. The van der Waals surface area contributed by atoms with Gasteiger partial charge in [0, 0.05) is 12.5 Å². The molecule has 1 aliphatic rings. The fourth-order valence-corrected chi connectivity index (χ4v) is 4.50. The molecular weight excluding hydrogens is 402 g/mol. The summed E-state index contributed by atoms with van der Waals surface area (Å²) in [5, 5.41) is 9.14. The van der Waals surface area contributed by atoms with Crippen LogP contribution in [0.5, 0.6) is 0 Å². The minimum Gasteiger partial charge on any atom is -0.481 e. The summed E-state index contributed by atoms with van der Waals surface area (Å²) < 4.78 is 6.02. The lowest BCUT2D eigenvalue weighted by Gasteiger charge is -2.24. The van der Waals surface area contributed by atoms with Gasteiger partial charge in [0.1, 0.15) is 12.5 Å². The summed E-state index contributed by atoms with van der Waals surface area (Å²) >= 11 is 0. The SMILES string of the molecule is O=C(O)CC(=O)C(CCC(c1ccccc1)c1ccccc1)OCCN1CCCCCC1. The first-order valence-corrected chi connectivity index (χ1v) is 11.8. The standard InChI is InChI=1S/C27H35NO4/c29-25(21-27(30)31)26(32-20-19-28-17-9-1-2-10-18-28)16-15-24(22-11-5-3-6-12-22)23-13-7-4-8-14-23/h3-8,11-14,24,26H,1-2,9-10,15-21H2,(H,30,31). The molecule has 0 saturated carbocycles. The van der Waals surface area contributed by atoms with Gasteiger partial charge in [0.05, 0.1) is 6.61 Å². The minimum absolute atomic E-state index is 0.131. The van der Waals surface area contributed by atoms with Crippen LogP contribution in [-0.2, 0) is 14.3 Å². The normalized spacial score (nSPS) is 15.9. The highest BCUT2D eigenvalue weighted by atomic mass is 16.5. The molecule has 1 atom stereocenters. The molecule has 0 bridgehead atoms. The van der Waals surface area contributed by atoms with Crippen LogP contribution in [0, 0.1) is 0 Å². The van der Waals surface area contributed by atoms with Crippen molar-refractivity contribution >= 4 is 11.8 Å². The number of ether oxygens (including phenoxy) is 1. The number of rotatable bonds is 12. The number of ketones is 1. The molecule has 1 fully saturated rings. The number of carboxylic acids is 1. The molecule has 0 aromatic heterocycles. The van der Waals surface area contributed by atoms with Gasteiger partial charge in [-0.3, -0.25) is 9.59 Å². The summed E-state index contributed by atoms with van der Waals surface area (Å²) in [5.74, 6) is -1.31. The van der Waals surface area contributed by atoms with Gasteiger partial charge in [-0.15, -0.1) is 0 Å². The molecular formula is C27H35NO4. The van der Waals surface area contributed by atoms with Crippen molar-refractivity contribution in [3.63, 3.8) is 0 Å². The maximum Gasteiger partial charge on any atom is 0.310 e. The average molecular weight is 438 g/mol. The topological polar surface area (TPSA) is 66.8 Å². The summed E-state index contributed by atoms with van der Waals surface area (Å²) in [4.78, 5) is 26.2. The zero-order chi connectivity index (χ0) is 22.6. The van der Waals surface area contributed by atoms with Crippen molar-refractivity contribution in [1.82, 2.24) is 4.90 Å². The number of Topliss-reactive ketones (excluding diaryl/α,β-unsaturated/α-hetero) is 1. The van der Waals surface area contributed by atoms with Crippen molar-refractivity contribution in [2.24, 2.45) is 0 Å². The van der Waals surface area contributed by atoms with Gasteiger partial charge in [-0.05, 0) is 49.9 Å². The van der Waals surface area contributed by atoms with Gasteiger partial charge in [-0.2, -0.15) is 0 Å². The summed E-state index contributed by atoms with van der Waals surface area (Å²) in [6.45, 7) is 3.39. The lowest BCUT2D eigenvalue weighted by molar-refractivity contribution is -0.144. The quantitative estimate of drug-likeness (QED) is 0.478. The van der Waals surface area contributed by atoms with Gasteiger partial charge in [-0.25, -0.2) is 0 Å². The number of benzene rings is 2. The summed E-state index contributed by atoms with van der Waals surface area (Å²) in [5.41, 5.74) is 2.38. The van der Waals surface area contributed by atoms with E-state index in [0.717, 1.165) is 19.6 Å². The van der Waals surface area contributed by atoms with E-state index in [1.165, 1.54) is 36.8 Å². The Labute approximate surface area is 191 Å². The van der Waals surface area contributed by atoms with Crippen molar-refractivity contribution in [2.45, 2.75) is 57.0 Å². The predicted molar refractivity (Wildman–Crippen MR) is 126 cm³/mol. The van der Waals surface area contributed by atoms with E-state index >= 15 is 0 Å². The van der Waals surface area contributed by atoms with Gasteiger partial charge in [0.2, 0.25) is 0 Å². The number of aliphatic carboxylic acids is 1. The Bertz CT molecular complexity index is 777. The first kappa shape index (κ1) is 24.1. The molecule has 1 N–H and O–H groups in total. The molecule has 2 aromatic carbocycles. The molecule has 3 rings (SSSR count). The molecule has 1 heterocycles. The number of carbonyl (C=O) groups excluding carboxylic acids is 1. The largest absolute Gasteiger partial charge is 0.481 e.